The fourth-order valence-corrected chi connectivity index (χ4v) is 4.02. The topological polar surface area (TPSA) is 32.6 Å². The summed E-state index contributed by atoms with van der Waals surface area (Å²) in [5, 5.41) is 5.60. The Kier molecular flexibility index (Phi) is 3.84. The van der Waals surface area contributed by atoms with Crippen LogP contribution in [-0.4, -0.2) is 46.0 Å². The van der Waals surface area contributed by atoms with Gasteiger partial charge in [-0.15, -0.1) is 11.3 Å². The third-order valence-electron chi connectivity index (χ3n) is 4.68. The third-order valence-corrected chi connectivity index (χ3v) is 5.45. The molecule has 3 rings (SSSR count). The van der Waals surface area contributed by atoms with Gasteiger partial charge in [-0.1, -0.05) is 0 Å². The van der Waals surface area contributed by atoms with Crippen molar-refractivity contribution in [3.63, 3.8) is 0 Å². The highest BCUT2D eigenvalue weighted by Crippen LogP contribution is 2.26. The van der Waals surface area contributed by atoms with Crippen LogP contribution in [0.3, 0.4) is 0 Å². The first-order valence-electron chi connectivity index (χ1n) is 7.44. The number of thiazole rings is 1. The second-order valence-electron chi connectivity index (χ2n) is 6.22. The van der Waals surface area contributed by atoms with Crippen LogP contribution in [0.4, 0.5) is 0 Å². The van der Waals surface area contributed by atoms with Crippen LogP contribution < -0.4 is 5.32 Å². The molecule has 0 radical (unpaired) electrons. The fourth-order valence-electron chi connectivity index (χ4n) is 3.30. The number of imidazole rings is 1. The monoisotopic (exact) mass is 292 g/mol. The van der Waals surface area contributed by atoms with Gasteiger partial charge >= 0.3 is 0 Å². The molecule has 1 aliphatic rings. The number of likely N-dealkylation sites (tertiary alicyclic amines) is 1. The van der Waals surface area contributed by atoms with E-state index in [-0.39, 0.29) is 5.54 Å². The smallest absolute Gasteiger partial charge is 0.193 e. The van der Waals surface area contributed by atoms with E-state index in [0.29, 0.717) is 6.04 Å². The number of hydrogen-bond acceptors (Lipinski definition) is 4. The number of rotatable bonds is 5. The van der Waals surface area contributed by atoms with Crippen molar-refractivity contribution in [3.05, 3.63) is 23.5 Å². The summed E-state index contributed by atoms with van der Waals surface area (Å²) >= 11 is 1.70. The maximum absolute atomic E-state index is 4.72. The Morgan fingerprint density at radius 1 is 1.40 bits per heavy atom. The van der Waals surface area contributed by atoms with Crippen LogP contribution in [0, 0.1) is 0 Å². The van der Waals surface area contributed by atoms with E-state index in [1.165, 1.54) is 31.6 Å². The highest BCUT2D eigenvalue weighted by atomic mass is 32.1. The van der Waals surface area contributed by atoms with Gasteiger partial charge < -0.3 is 5.32 Å². The van der Waals surface area contributed by atoms with Crippen molar-refractivity contribution in [1.82, 2.24) is 19.6 Å². The minimum atomic E-state index is 0.169. The molecule has 4 nitrogen and oxygen atoms in total. The van der Waals surface area contributed by atoms with Crippen LogP contribution in [0.5, 0.6) is 0 Å². The second-order valence-corrected chi connectivity index (χ2v) is 7.09. The van der Waals surface area contributed by atoms with Crippen molar-refractivity contribution in [2.45, 2.75) is 44.7 Å². The summed E-state index contributed by atoms with van der Waals surface area (Å²) in [5.74, 6) is 0. The van der Waals surface area contributed by atoms with Gasteiger partial charge in [0.05, 0.1) is 5.69 Å². The molecular weight excluding hydrogens is 268 g/mol. The molecule has 1 N–H and O–H groups in total. The number of hydrogen-bond donors (Lipinski definition) is 1. The normalized spacial score (nSPS) is 18.9. The molecule has 1 saturated heterocycles. The lowest BCUT2D eigenvalue weighted by atomic mass is 9.89. The quantitative estimate of drug-likeness (QED) is 0.918. The van der Waals surface area contributed by atoms with Crippen molar-refractivity contribution in [3.8, 4) is 0 Å². The first-order valence-corrected chi connectivity index (χ1v) is 8.32. The van der Waals surface area contributed by atoms with Crippen molar-refractivity contribution < 1.29 is 0 Å². The molecule has 0 spiro atoms. The Morgan fingerprint density at radius 2 is 2.15 bits per heavy atom. The zero-order valence-corrected chi connectivity index (χ0v) is 13.4. The summed E-state index contributed by atoms with van der Waals surface area (Å²) in [6.45, 7) is 7.17. The standard InChI is InChI=1S/C15H24N4S/c1-15(2,19-6-4-5-7-19)13(16-3)10-12-11-18-8-9-20-14(18)17-12/h8-9,11,13,16H,4-7,10H2,1-3H3. The van der Waals surface area contributed by atoms with Crippen molar-refractivity contribution in [2.24, 2.45) is 0 Å². The maximum Gasteiger partial charge on any atom is 0.193 e. The second kappa shape index (κ2) is 5.47. The lowest BCUT2D eigenvalue weighted by molar-refractivity contribution is 0.110. The summed E-state index contributed by atoms with van der Waals surface area (Å²) in [5.41, 5.74) is 1.35. The van der Waals surface area contributed by atoms with Gasteiger partial charge in [-0.05, 0) is 46.8 Å². The van der Waals surface area contributed by atoms with Crippen LogP contribution in [0.1, 0.15) is 32.4 Å². The molecule has 0 aromatic carbocycles. The molecular formula is C15H24N4S. The molecule has 0 bridgehead atoms. The van der Waals surface area contributed by atoms with Gasteiger partial charge in [-0.25, -0.2) is 4.98 Å². The number of aromatic nitrogens is 2. The van der Waals surface area contributed by atoms with Gasteiger partial charge in [-0.2, -0.15) is 0 Å². The predicted molar refractivity (Wildman–Crippen MR) is 84.5 cm³/mol. The van der Waals surface area contributed by atoms with Crippen LogP contribution in [0.25, 0.3) is 4.96 Å². The average Bonchev–Trinajstić information content (AvgIpc) is 3.11. The van der Waals surface area contributed by atoms with Crippen LogP contribution >= 0.6 is 11.3 Å². The van der Waals surface area contributed by atoms with E-state index in [4.69, 9.17) is 4.98 Å². The van der Waals surface area contributed by atoms with E-state index in [1.54, 1.807) is 11.3 Å². The summed E-state index contributed by atoms with van der Waals surface area (Å²) in [6.07, 6.45) is 7.89. The minimum absolute atomic E-state index is 0.169. The van der Waals surface area contributed by atoms with Gasteiger partial charge in [-0.3, -0.25) is 9.30 Å². The molecule has 5 heteroatoms. The Labute approximate surface area is 124 Å². The Morgan fingerprint density at radius 3 is 2.80 bits per heavy atom. The van der Waals surface area contributed by atoms with E-state index >= 15 is 0 Å². The van der Waals surface area contributed by atoms with Gasteiger partial charge in [0.25, 0.3) is 0 Å². The highest BCUT2D eigenvalue weighted by molar-refractivity contribution is 7.15. The average molecular weight is 292 g/mol. The zero-order chi connectivity index (χ0) is 14.2. The Balaban J connectivity index is 1.77. The SMILES string of the molecule is CNC(Cc1cn2ccsc2n1)C(C)(C)N1CCCC1. The lowest BCUT2D eigenvalue weighted by Gasteiger charge is -2.42. The predicted octanol–water partition coefficient (Wildman–Crippen LogP) is 2.40. The molecule has 2 aromatic rings. The van der Waals surface area contributed by atoms with Crippen molar-refractivity contribution >= 4 is 16.3 Å². The Bertz CT molecular complexity index is 537. The number of nitrogens with zero attached hydrogens (tertiary/aromatic N) is 3. The molecule has 1 fully saturated rings. The van der Waals surface area contributed by atoms with Crippen LogP contribution in [-0.2, 0) is 6.42 Å². The van der Waals surface area contributed by atoms with E-state index in [0.717, 1.165) is 11.4 Å². The number of likely N-dealkylation sites (N-methyl/N-ethyl adjacent to an activating group) is 1. The fraction of sp³-hybridized carbons (Fsp3) is 0.667. The zero-order valence-electron chi connectivity index (χ0n) is 12.6. The lowest BCUT2D eigenvalue weighted by Crippen LogP contribution is -2.57. The Hall–Kier alpha value is -0.910. The minimum Gasteiger partial charge on any atom is -0.315 e. The van der Waals surface area contributed by atoms with Crippen LogP contribution in [0.15, 0.2) is 17.8 Å². The molecule has 1 aliphatic heterocycles. The summed E-state index contributed by atoms with van der Waals surface area (Å²) in [7, 11) is 2.07. The maximum atomic E-state index is 4.72. The third kappa shape index (κ3) is 2.50. The van der Waals surface area contributed by atoms with Crippen LogP contribution in [0.2, 0.25) is 0 Å². The van der Waals surface area contributed by atoms with Crippen molar-refractivity contribution in [1.29, 1.82) is 0 Å². The van der Waals surface area contributed by atoms with Crippen molar-refractivity contribution in [2.75, 3.05) is 20.1 Å². The largest absolute Gasteiger partial charge is 0.315 e. The number of nitrogens with one attached hydrogen (secondary N) is 1. The molecule has 0 aliphatic carbocycles. The van der Waals surface area contributed by atoms with E-state index < -0.39 is 0 Å². The molecule has 1 unspecified atom stereocenters. The molecule has 2 aromatic heterocycles. The number of fused-ring (bicyclic) bond motifs is 1. The molecule has 3 heterocycles. The van der Waals surface area contributed by atoms with E-state index in [9.17, 15) is 0 Å². The molecule has 20 heavy (non-hydrogen) atoms. The van der Waals surface area contributed by atoms with Gasteiger partial charge in [0.1, 0.15) is 0 Å². The summed E-state index contributed by atoms with van der Waals surface area (Å²) in [4.78, 5) is 8.43. The first kappa shape index (κ1) is 14.0. The summed E-state index contributed by atoms with van der Waals surface area (Å²) in [6, 6.07) is 0.421. The van der Waals surface area contributed by atoms with Gasteiger partial charge in [0, 0.05) is 35.8 Å². The molecule has 0 amide bonds. The molecule has 110 valence electrons. The van der Waals surface area contributed by atoms with E-state index in [2.05, 4.69) is 53.3 Å². The molecule has 1 atom stereocenters. The van der Waals surface area contributed by atoms with Gasteiger partial charge in [0.2, 0.25) is 0 Å². The first-order chi connectivity index (χ1) is 9.61. The van der Waals surface area contributed by atoms with E-state index in [1.807, 2.05) is 0 Å². The highest BCUT2D eigenvalue weighted by Gasteiger charge is 2.36. The van der Waals surface area contributed by atoms with Gasteiger partial charge in [0.15, 0.2) is 4.96 Å². The summed E-state index contributed by atoms with van der Waals surface area (Å²) < 4.78 is 2.12. The molecule has 0 saturated carbocycles.